The standard InChI is InChI=1S/C32H50N4O5S/c1-32(2,3)41-31(40)36-20-26(37)18-28(36)30(39)34-27(22-42-21-24-12-8-5-9-13-24)29(38)33-25-14-16-35(17-15-25)19-23-10-6-4-7-11-23/h4,6-7,10-11,24-28,37H,5,8-9,12-22H2,1-3H3,(H,33,38)(H,34,39)/t26-,27+,28+/m1/s1. The van der Waals surface area contributed by atoms with E-state index in [2.05, 4.69) is 39.8 Å². The number of hydrogen-bond acceptors (Lipinski definition) is 7. The molecule has 2 saturated heterocycles. The second kappa shape index (κ2) is 15.4. The molecule has 1 aromatic carbocycles. The van der Waals surface area contributed by atoms with Gasteiger partial charge >= 0.3 is 6.09 Å². The smallest absolute Gasteiger partial charge is 0.411 e. The number of amides is 3. The van der Waals surface area contributed by atoms with Crippen LogP contribution in [-0.2, 0) is 20.9 Å². The Bertz CT molecular complexity index is 1020. The van der Waals surface area contributed by atoms with E-state index in [0.717, 1.165) is 38.2 Å². The number of carbonyl (C=O) groups is 3. The highest BCUT2D eigenvalue weighted by Gasteiger charge is 2.42. The molecule has 4 rings (SSSR count). The lowest BCUT2D eigenvalue weighted by Crippen LogP contribution is -2.56. The van der Waals surface area contributed by atoms with E-state index in [9.17, 15) is 19.5 Å². The number of β-amino-alcohol motifs (C(OH)–C–C–N with tert-alkyl or cyclic N) is 1. The number of thioether (sulfide) groups is 1. The normalized spacial score (nSPS) is 23.4. The molecule has 10 heteroatoms. The molecule has 234 valence electrons. The fourth-order valence-corrected chi connectivity index (χ4v) is 7.39. The predicted octanol–water partition coefficient (Wildman–Crippen LogP) is 3.94. The van der Waals surface area contributed by atoms with E-state index in [-0.39, 0.29) is 24.9 Å². The van der Waals surface area contributed by atoms with Gasteiger partial charge in [-0.3, -0.25) is 19.4 Å². The number of hydrogen-bond donors (Lipinski definition) is 3. The van der Waals surface area contributed by atoms with Crippen molar-refractivity contribution >= 4 is 29.7 Å². The number of carbonyl (C=O) groups excluding carboxylic acids is 3. The first-order valence-electron chi connectivity index (χ1n) is 15.7. The molecular formula is C32H50N4O5S. The Balaban J connectivity index is 1.34. The van der Waals surface area contributed by atoms with Crippen molar-refractivity contribution in [3.05, 3.63) is 35.9 Å². The summed E-state index contributed by atoms with van der Waals surface area (Å²) in [7, 11) is 0. The van der Waals surface area contributed by atoms with E-state index in [1.54, 1.807) is 32.5 Å². The van der Waals surface area contributed by atoms with Gasteiger partial charge in [0.05, 0.1) is 12.6 Å². The summed E-state index contributed by atoms with van der Waals surface area (Å²) in [5.41, 5.74) is 0.566. The number of likely N-dealkylation sites (tertiary alicyclic amines) is 2. The molecule has 1 saturated carbocycles. The summed E-state index contributed by atoms with van der Waals surface area (Å²) in [6.07, 6.45) is 6.66. The first-order chi connectivity index (χ1) is 20.1. The van der Waals surface area contributed by atoms with Gasteiger partial charge in [0.2, 0.25) is 11.8 Å². The molecule has 1 aromatic rings. The summed E-state index contributed by atoms with van der Waals surface area (Å²) in [5.74, 6) is 1.51. The molecule has 3 amide bonds. The van der Waals surface area contributed by atoms with Crippen LogP contribution in [0.3, 0.4) is 0 Å². The van der Waals surface area contributed by atoms with Crippen molar-refractivity contribution < 1.29 is 24.2 Å². The Hall–Kier alpha value is -2.30. The molecule has 1 aliphatic carbocycles. The Labute approximate surface area is 255 Å². The molecule has 0 spiro atoms. The number of aliphatic hydroxyl groups excluding tert-OH is 1. The molecule has 2 heterocycles. The maximum atomic E-state index is 13.6. The molecule has 42 heavy (non-hydrogen) atoms. The molecule has 0 bridgehead atoms. The van der Waals surface area contributed by atoms with E-state index < -0.39 is 35.8 Å². The fraction of sp³-hybridized carbons (Fsp3) is 0.719. The number of rotatable bonds is 10. The van der Waals surface area contributed by atoms with Crippen molar-refractivity contribution in [3.8, 4) is 0 Å². The minimum absolute atomic E-state index is 0.0296. The first-order valence-corrected chi connectivity index (χ1v) is 16.9. The molecule has 2 aliphatic heterocycles. The van der Waals surface area contributed by atoms with Crippen molar-refractivity contribution in [1.29, 1.82) is 0 Å². The number of aliphatic hydroxyl groups is 1. The third kappa shape index (κ3) is 10.2. The summed E-state index contributed by atoms with van der Waals surface area (Å²) in [6, 6.07) is 8.88. The third-order valence-corrected chi connectivity index (χ3v) is 9.66. The second-order valence-corrected chi connectivity index (χ2v) is 14.3. The summed E-state index contributed by atoms with van der Waals surface area (Å²) >= 11 is 1.72. The minimum Gasteiger partial charge on any atom is -0.444 e. The van der Waals surface area contributed by atoms with Crippen LogP contribution in [0.2, 0.25) is 0 Å². The van der Waals surface area contributed by atoms with Crippen LogP contribution in [0.15, 0.2) is 30.3 Å². The SMILES string of the molecule is CC(C)(C)OC(=O)N1C[C@H](O)C[C@H]1C(=O)N[C@@H](CSCC1CCCCC1)C(=O)NC1CCN(Cc2ccccc2)CC1. The van der Waals surface area contributed by atoms with Crippen LogP contribution in [0.25, 0.3) is 0 Å². The van der Waals surface area contributed by atoms with Crippen LogP contribution in [0, 0.1) is 5.92 Å². The zero-order chi connectivity index (χ0) is 30.1. The molecule has 0 unspecified atom stereocenters. The van der Waals surface area contributed by atoms with E-state index >= 15 is 0 Å². The highest BCUT2D eigenvalue weighted by atomic mass is 32.2. The summed E-state index contributed by atoms with van der Waals surface area (Å²) < 4.78 is 5.49. The number of piperidine rings is 1. The molecule has 3 aliphatic rings. The van der Waals surface area contributed by atoms with Crippen LogP contribution in [0.5, 0.6) is 0 Å². The van der Waals surface area contributed by atoms with Crippen molar-refractivity contribution in [1.82, 2.24) is 20.4 Å². The molecule has 0 radical (unpaired) electrons. The van der Waals surface area contributed by atoms with E-state index in [1.165, 1.54) is 42.6 Å². The predicted molar refractivity (Wildman–Crippen MR) is 166 cm³/mol. The topological polar surface area (TPSA) is 111 Å². The lowest BCUT2D eigenvalue weighted by Gasteiger charge is -2.33. The monoisotopic (exact) mass is 602 g/mol. The van der Waals surface area contributed by atoms with Crippen molar-refractivity contribution in [3.63, 3.8) is 0 Å². The highest BCUT2D eigenvalue weighted by Crippen LogP contribution is 2.27. The zero-order valence-corrected chi connectivity index (χ0v) is 26.4. The third-order valence-electron chi connectivity index (χ3n) is 8.39. The van der Waals surface area contributed by atoms with E-state index in [1.807, 2.05) is 6.07 Å². The second-order valence-electron chi connectivity index (χ2n) is 13.2. The largest absolute Gasteiger partial charge is 0.444 e. The highest BCUT2D eigenvalue weighted by molar-refractivity contribution is 7.99. The van der Waals surface area contributed by atoms with Gasteiger partial charge in [-0.25, -0.2) is 4.79 Å². The number of ether oxygens (including phenoxy) is 1. The molecule has 3 N–H and O–H groups in total. The Morgan fingerprint density at radius 3 is 2.40 bits per heavy atom. The van der Waals surface area contributed by atoms with Gasteiger partial charge in [0.1, 0.15) is 17.7 Å². The number of nitrogens with one attached hydrogen (secondary N) is 2. The quantitative estimate of drug-likeness (QED) is 0.372. The first kappa shape index (κ1) is 32.6. The number of benzene rings is 1. The average molecular weight is 603 g/mol. The maximum Gasteiger partial charge on any atom is 0.411 e. The summed E-state index contributed by atoms with van der Waals surface area (Å²) in [4.78, 5) is 43.6. The van der Waals surface area contributed by atoms with Gasteiger partial charge in [-0.05, 0) is 63.7 Å². The van der Waals surface area contributed by atoms with E-state index in [4.69, 9.17) is 4.74 Å². The zero-order valence-electron chi connectivity index (χ0n) is 25.6. The Morgan fingerprint density at radius 2 is 1.74 bits per heavy atom. The molecule has 3 atom stereocenters. The van der Waals surface area contributed by atoms with Gasteiger partial charge in [0.25, 0.3) is 0 Å². The van der Waals surface area contributed by atoms with Gasteiger partial charge in [-0.1, -0.05) is 49.6 Å². The van der Waals surface area contributed by atoms with Crippen LogP contribution < -0.4 is 10.6 Å². The van der Waals surface area contributed by atoms with Gasteiger partial charge in [-0.15, -0.1) is 0 Å². The van der Waals surface area contributed by atoms with E-state index in [0.29, 0.717) is 11.7 Å². The van der Waals surface area contributed by atoms with Crippen molar-refractivity contribution in [2.24, 2.45) is 5.92 Å². The van der Waals surface area contributed by atoms with Gasteiger partial charge in [-0.2, -0.15) is 11.8 Å². The molecular weight excluding hydrogens is 552 g/mol. The van der Waals surface area contributed by atoms with Gasteiger partial charge in [0.15, 0.2) is 0 Å². The molecule has 9 nitrogen and oxygen atoms in total. The summed E-state index contributed by atoms with van der Waals surface area (Å²) in [5, 5.41) is 16.5. The van der Waals surface area contributed by atoms with Crippen LogP contribution in [0.4, 0.5) is 4.79 Å². The molecule has 0 aromatic heterocycles. The van der Waals surface area contributed by atoms with Gasteiger partial charge in [0, 0.05) is 37.8 Å². The maximum absolute atomic E-state index is 13.6. The minimum atomic E-state index is -0.880. The summed E-state index contributed by atoms with van der Waals surface area (Å²) in [6.45, 7) is 8.03. The Morgan fingerprint density at radius 1 is 1.05 bits per heavy atom. The van der Waals surface area contributed by atoms with Crippen molar-refractivity contribution in [2.75, 3.05) is 31.1 Å². The lowest BCUT2D eigenvalue weighted by atomic mass is 9.91. The number of nitrogens with zero attached hydrogens (tertiary/aromatic N) is 2. The molecule has 3 fully saturated rings. The Kier molecular flexibility index (Phi) is 12.0. The fourth-order valence-electron chi connectivity index (χ4n) is 6.12. The average Bonchev–Trinajstić information content (AvgIpc) is 3.36. The van der Waals surface area contributed by atoms with Crippen molar-refractivity contribution in [2.45, 2.75) is 109 Å². The van der Waals surface area contributed by atoms with Crippen LogP contribution in [-0.4, -0.2) is 93.8 Å². The van der Waals surface area contributed by atoms with Gasteiger partial charge < -0.3 is 20.5 Å². The van der Waals surface area contributed by atoms with Crippen LogP contribution in [0.1, 0.15) is 77.7 Å². The lowest BCUT2D eigenvalue weighted by molar-refractivity contribution is -0.131. The van der Waals surface area contributed by atoms with Crippen LogP contribution >= 0.6 is 11.8 Å².